The minimum absolute atomic E-state index is 0.0297. The maximum Gasteiger partial charge on any atom is 0.288 e. The van der Waals surface area contributed by atoms with Crippen molar-refractivity contribution in [2.24, 2.45) is 0 Å². The van der Waals surface area contributed by atoms with Crippen LogP contribution in [0, 0.1) is 10.1 Å². The van der Waals surface area contributed by atoms with E-state index in [1.165, 1.54) is 12.1 Å². The summed E-state index contributed by atoms with van der Waals surface area (Å²) in [5.41, 5.74) is 3.86. The Morgan fingerprint density at radius 1 is 1.15 bits per heavy atom. The minimum atomic E-state index is -0.733. The number of nitro groups is 1. The van der Waals surface area contributed by atoms with E-state index < -0.39 is 22.4 Å². The second-order valence-corrected chi connectivity index (χ2v) is 6.97. The Balaban J connectivity index is 1.89. The van der Waals surface area contributed by atoms with Crippen LogP contribution in [-0.4, -0.2) is 23.3 Å². The molecule has 0 saturated heterocycles. The highest BCUT2D eigenvalue weighted by atomic mass is 79.9. The molecule has 0 aromatic heterocycles. The molecule has 0 aliphatic heterocycles. The van der Waals surface area contributed by atoms with Gasteiger partial charge < -0.3 is 4.74 Å². The first-order valence-corrected chi connectivity index (χ1v) is 8.85. The lowest BCUT2D eigenvalue weighted by atomic mass is 10.2. The lowest BCUT2D eigenvalue weighted by Crippen LogP contribution is -2.43. The molecule has 0 spiro atoms. The molecular weight excluding hydrogens is 497 g/mol. The van der Waals surface area contributed by atoms with Crippen molar-refractivity contribution in [3.63, 3.8) is 0 Å². The Hall–Kier alpha value is -2.17. The van der Waals surface area contributed by atoms with Crippen molar-refractivity contribution in [2.75, 3.05) is 6.61 Å². The molecule has 0 aliphatic rings. The molecule has 26 heavy (non-hydrogen) atoms. The molecule has 0 aliphatic carbocycles. The van der Waals surface area contributed by atoms with Gasteiger partial charge in [0.1, 0.15) is 10.8 Å². The number of nitrogens with zero attached hydrogens (tertiary/aromatic N) is 1. The number of hydrogen-bond donors (Lipinski definition) is 2. The van der Waals surface area contributed by atoms with E-state index in [0.717, 1.165) is 10.5 Å². The zero-order chi connectivity index (χ0) is 19.3. The Bertz CT molecular complexity index is 878. The highest BCUT2D eigenvalue weighted by molar-refractivity contribution is 9.11. The van der Waals surface area contributed by atoms with Crippen molar-refractivity contribution < 1.29 is 19.2 Å². The second-order valence-electron chi connectivity index (χ2n) is 4.79. The molecule has 0 saturated carbocycles. The van der Waals surface area contributed by atoms with Crippen molar-refractivity contribution in [1.29, 1.82) is 0 Å². The number of nitrogens with one attached hydrogen (secondary N) is 2. The summed E-state index contributed by atoms with van der Waals surface area (Å²) in [6.07, 6.45) is 0. The normalized spacial score (nSPS) is 10.1. The van der Waals surface area contributed by atoms with Crippen molar-refractivity contribution in [3.8, 4) is 5.75 Å². The third kappa shape index (κ3) is 5.41. The van der Waals surface area contributed by atoms with Crippen LogP contribution < -0.4 is 15.6 Å². The lowest BCUT2D eigenvalue weighted by molar-refractivity contribution is -0.384. The third-order valence-corrected chi connectivity index (χ3v) is 4.41. The summed E-state index contributed by atoms with van der Waals surface area (Å²) in [7, 11) is 0. The Morgan fingerprint density at radius 2 is 1.88 bits per heavy atom. The maximum atomic E-state index is 12.0. The predicted octanol–water partition coefficient (Wildman–Crippen LogP) is 3.61. The van der Waals surface area contributed by atoms with Crippen LogP contribution in [0.1, 0.15) is 10.4 Å². The number of hydrazine groups is 1. The van der Waals surface area contributed by atoms with Gasteiger partial charge in [0.15, 0.2) is 6.61 Å². The summed E-state index contributed by atoms with van der Waals surface area (Å²) in [6.45, 7) is -0.346. The SMILES string of the molecule is O=C(COc1ccc(Br)cc1Br)NNC(=O)c1ccc(Cl)c([N+](=O)[O-])c1. The van der Waals surface area contributed by atoms with Gasteiger partial charge in [-0.1, -0.05) is 27.5 Å². The van der Waals surface area contributed by atoms with Gasteiger partial charge in [0, 0.05) is 16.1 Å². The molecule has 0 fully saturated rings. The van der Waals surface area contributed by atoms with E-state index in [2.05, 4.69) is 42.7 Å². The van der Waals surface area contributed by atoms with Crippen molar-refractivity contribution in [2.45, 2.75) is 0 Å². The first-order chi connectivity index (χ1) is 12.3. The molecule has 2 N–H and O–H groups in total. The number of carbonyl (C=O) groups is 2. The molecule has 2 rings (SSSR count). The van der Waals surface area contributed by atoms with Crippen LogP contribution in [0.3, 0.4) is 0 Å². The fourth-order valence-electron chi connectivity index (χ4n) is 1.76. The molecule has 0 atom stereocenters. The average Bonchev–Trinajstić information content (AvgIpc) is 2.59. The van der Waals surface area contributed by atoms with Gasteiger partial charge >= 0.3 is 0 Å². The average molecular weight is 508 g/mol. The number of rotatable bonds is 5. The Labute approximate surface area is 169 Å². The van der Waals surface area contributed by atoms with Gasteiger partial charge in [0.25, 0.3) is 17.5 Å². The molecule has 2 aromatic carbocycles. The molecule has 0 radical (unpaired) electrons. The number of hydrogen-bond acceptors (Lipinski definition) is 5. The highest BCUT2D eigenvalue weighted by Gasteiger charge is 2.16. The van der Waals surface area contributed by atoms with Gasteiger partial charge in [-0.15, -0.1) is 0 Å². The number of halogens is 3. The fourth-order valence-corrected chi connectivity index (χ4v) is 3.11. The van der Waals surface area contributed by atoms with Gasteiger partial charge in [-0.3, -0.25) is 30.6 Å². The number of benzene rings is 2. The summed E-state index contributed by atoms with van der Waals surface area (Å²) in [5, 5.41) is 10.7. The number of ether oxygens (including phenoxy) is 1. The Morgan fingerprint density at radius 3 is 2.54 bits per heavy atom. The quantitative estimate of drug-likeness (QED) is 0.475. The van der Waals surface area contributed by atoms with E-state index in [9.17, 15) is 19.7 Å². The molecule has 2 amide bonds. The number of carbonyl (C=O) groups excluding carboxylic acids is 2. The number of nitro benzene ring substituents is 1. The van der Waals surface area contributed by atoms with Crippen LogP contribution in [0.25, 0.3) is 0 Å². The fraction of sp³-hybridized carbons (Fsp3) is 0.0667. The van der Waals surface area contributed by atoms with E-state index in [4.69, 9.17) is 16.3 Å². The van der Waals surface area contributed by atoms with Gasteiger partial charge in [-0.2, -0.15) is 0 Å². The largest absolute Gasteiger partial charge is 0.483 e. The van der Waals surface area contributed by atoms with E-state index in [-0.39, 0.29) is 17.2 Å². The highest BCUT2D eigenvalue weighted by Crippen LogP contribution is 2.28. The molecule has 11 heteroatoms. The molecule has 0 bridgehead atoms. The maximum absolute atomic E-state index is 12.0. The van der Waals surface area contributed by atoms with Crippen LogP contribution in [0.2, 0.25) is 5.02 Å². The monoisotopic (exact) mass is 505 g/mol. The zero-order valence-corrected chi connectivity index (χ0v) is 16.7. The van der Waals surface area contributed by atoms with Crippen LogP contribution in [0.15, 0.2) is 45.3 Å². The summed E-state index contributed by atoms with van der Waals surface area (Å²) in [5.74, 6) is -0.900. The van der Waals surface area contributed by atoms with Gasteiger partial charge in [-0.25, -0.2) is 0 Å². The van der Waals surface area contributed by atoms with Crippen LogP contribution in [0.5, 0.6) is 5.75 Å². The minimum Gasteiger partial charge on any atom is -0.483 e. The summed E-state index contributed by atoms with van der Waals surface area (Å²) < 4.78 is 6.81. The zero-order valence-electron chi connectivity index (χ0n) is 12.8. The van der Waals surface area contributed by atoms with E-state index in [1.807, 2.05) is 0 Å². The van der Waals surface area contributed by atoms with Crippen molar-refractivity contribution >= 4 is 61.0 Å². The molecular formula is C15H10Br2ClN3O5. The first kappa shape index (κ1) is 20.1. The van der Waals surface area contributed by atoms with Gasteiger partial charge in [-0.05, 0) is 46.3 Å². The lowest BCUT2D eigenvalue weighted by Gasteiger charge is -2.10. The smallest absolute Gasteiger partial charge is 0.288 e. The first-order valence-electron chi connectivity index (χ1n) is 6.89. The topological polar surface area (TPSA) is 111 Å². The Kier molecular flexibility index (Phi) is 6.95. The van der Waals surface area contributed by atoms with Gasteiger partial charge in [0.2, 0.25) is 0 Å². The summed E-state index contributed by atoms with van der Waals surface area (Å²) in [4.78, 5) is 33.8. The van der Waals surface area contributed by atoms with Crippen molar-refractivity contribution in [1.82, 2.24) is 10.9 Å². The molecule has 0 unspecified atom stereocenters. The van der Waals surface area contributed by atoms with Crippen LogP contribution >= 0.6 is 43.5 Å². The van der Waals surface area contributed by atoms with Gasteiger partial charge in [0.05, 0.1) is 9.40 Å². The van der Waals surface area contributed by atoms with Crippen LogP contribution in [-0.2, 0) is 4.79 Å². The van der Waals surface area contributed by atoms with E-state index >= 15 is 0 Å². The number of amides is 2. The molecule has 8 nitrogen and oxygen atoms in total. The van der Waals surface area contributed by atoms with Crippen LogP contribution in [0.4, 0.5) is 5.69 Å². The standard InChI is InChI=1S/C15H10Br2ClN3O5/c16-9-2-4-13(10(17)6-9)26-7-14(22)19-20-15(23)8-1-3-11(18)12(5-8)21(24)25/h1-6H,7H2,(H,19,22)(H,20,23). The third-order valence-electron chi connectivity index (χ3n) is 2.97. The predicted molar refractivity (Wildman–Crippen MR) is 101 cm³/mol. The van der Waals surface area contributed by atoms with Crippen molar-refractivity contribution in [3.05, 3.63) is 66.0 Å². The summed E-state index contributed by atoms with van der Waals surface area (Å²) >= 11 is 12.3. The van der Waals surface area contributed by atoms with E-state index in [0.29, 0.717) is 10.2 Å². The molecule has 136 valence electrons. The second kappa shape index (κ2) is 8.97. The molecule has 2 aromatic rings. The summed E-state index contributed by atoms with van der Waals surface area (Å²) in [6, 6.07) is 8.69. The van der Waals surface area contributed by atoms with E-state index in [1.54, 1.807) is 18.2 Å². The molecule has 0 heterocycles.